The molecule has 3 rings (SSSR count). The van der Waals surface area contributed by atoms with Crippen molar-refractivity contribution in [2.24, 2.45) is 0 Å². The van der Waals surface area contributed by atoms with E-state index in [1.165, 1.54) is 11.3 Å². The molecule has 1 heterocycles. The fourth-order valence-corrected chi connectivity index (χ4v) is 2.97. The van der Waals surface area contributed by atoms with Crippen LogP contribution in [0.15, 0.2) is 48.5 Å². The van der Waals surface area contributed by atoms with Crippen molar-refractivity contribution in [2.75, 3.05) is 6.61 Å². The minimum Gasteiger partial charge on any atom is -0.493 e. The van der Waals surface area contributed by atoms with Crippen molar-refractivity contribution in [3.63, 3.8) is 0 Å². The van der Waals surface area contributed by atoms with Gasteiger partial charge < -0.3 is 9.84 Å². The third kappa shape index (κ3) is 3.20. The average Bonchev–Trinajstić information content (AvgIpc) is 2.90. The maximum atomic E-state index is 10.9. The van der Waals surface area contributed by atoms with Gasteiger partial charge in [-0.1, -0.05) is 18.2 Å². The van der Waals surface area contributed by atoms with Gasteiger partial charge in [0.1, 0.15) is 5.75 Å². The number of carboxylic acid groups (broad SMARTS) is 1. The van der Waals surface area contributed by atoms with Crippen molar-refractivity contribution < 1.29 is 14.6 Å². The van der Waals surface area contributed by atoms with E-state index in [1.807, 2.05) is 30.3 Å². The van der Waals surface area contributed by atoms with Crippen LogP contribution in [0.2, 0.25) is 0 Å². The highest BCUT2D eigenvalue weighted by Crippen LogP contribution is 2.24. The summed E-state index contributed by atoms with van der Waals surface area (Å²) in [5.74, 6) is -0.0777. The zero-order valence-electron chi connectivity index (χ0n) is 11.2. The van der Waals surface area contributed by atoms with Gasteiger partial charge >= 0.3 is 5.97 Å². The molecule has 2 aromatic carbocycles. The normalized spacial score (nSPS) is 10.7. The largest absolute Gasteiger partial charge is 0.493 e. The van der Waals surface area contributed by atoms with Gasteiger partial charge in [0.15, 0.2) is 0 Å². The molecule has 21 heavy (non-hydrogen) atoms. The molecule has 0 bridgehead atoms. The standard InChI is InChI=1S/C16H13NO3S/c18-16(19)11-6-7-13-14(10-11)21-15(17-13)8-9-20-12-4-2-1-3-5-12/h1-7,10H,8-9H2,(H,18,19). The minimum atomic E-state index is -0.917. The monoisotopic (exact) mass is 299 g/mol. The van der Waals surface area contributed by atoms with E-state index in [0.717, 1.165) is 21.0 Å². The molecular formula is C16H13NO3S. The van der Waals surface area contributed by atoms with Crippen LogP contribution in [0.5, 0.6) is 5.75 Å². The quantitative estimate of drug-likeness (QED) is 0.781. The van der Waals surface area contributed by atoms with Gasteiger partial charge in [0.05, 0.1) is 27.4 Å². The number of ether oxygens (including phenoxy) is 1. The SMILES string of the molecule is O=C(O)c1ccc2nc(CCOc3ccccc3)sc2c1. The molecule has 0 saturated heterocycles. The molecule has 5 heteroatoms. The Hall–Kier alpha value is -2.40. The Balaban J connectivity index is 1.68. The summed E-state index contributed by atoms with van der Waals surface area (Å²) in [7, 11) is 0. The Labute approximate surface area is 125 Å². The van der Waals surface area contributed by atoms with E-state index in [2.05, 4.69) is 4.98 Å². The summed E-state index contributed by atoms with van der Waals surface area (Å²) in [6.07, 6.45) is 0.705. The number of nitrogens with zero attached hydrogens (tertiary/aromatic N) is 1. The van der Waals surface area contributed by atoms with Gasteiger partial charge in [-0.25, -0.2) is 9.78 Å². The average molecular weight is 299 g/mol. The number of hydrogen-bond donors (Lipinski definition) is 1. The van der Waals surface area contributed by atoms with Crippen molar-refractivity contribution in [3.05, 3.63) is 59.1 Å². The number of aromatic carboxylic acids is 1. The maximum Gasteiger partial charge on any atom is 0.335 e. The number of hydrogen-bond acceptors (Lipinski definition) is 4. The van der Waals surface area contributed by atoms with E-state index in [1.54, 1.807) is 18.2 Å². The van der Waals surface area contributed by atoms with Crippen molar-refractivity contribution in [1.82, 2.24) is 4.98 Å². The molecule has 1 N–H and O–H groups in total. The molecular weight excluding hydrogens is 286 g/mol. The molecule has 0 spiro atoms. The summed E-state index contributed by atoms with van der Waals surface area (Å²) >= 11 is 1.51. The lowest BCUT2D eigenvalue weighted by molar-refractivity contribution is 0.0697. The summed E-state index contributed by atoms with van der Waals surface area (Å²) in [6, 6.07) is 14.6. The topological polar surface area (TPSA) is 59.4 Å². The van der Waals surface area contributed by atoms with Crippen molar-refractivity contribution >= 4 is 27.5 Å². The lowest BCUT2D eigenvalue weighted by Crippen LogP contribution is -2.00. The fourth-order valence-electron chi connectivity index (χ4n) is 1.99. The Bertz CT molecular complexity index is 768. The molecule has 3 aromatic rings. The third-order valence-electron chi connectivity index (χ3n) is 3.01. The van der Waals surface area contributed by atoms with Crippen LogP contribution >= 0.6 is 11.3 Å². The van der Waals surface area contributed by atoms with E-state index >= 15 is 0 Å². The summed E-state index contributed by atoms with van der Waals surface area (Å²) in [5.41, 5.74) is 1.12. The first-order valence-corrected chi connectivity index (χ1v) is 7.34. The summed E-state index contributed by atoms with van der Waals surface area (Å²) in [6.45, 7) is 0.551. The molecule has 0 amide bonds. The predicted molar refractivity (Wildman–Crippen MR) is 82.2 cm³/mol. The van der Waals surface area contributed by atoms with Gasteiger partial charge in [-0.15, -0.1) is 11.3 Å². The van der Waals surface area contributed by atoms with E-state index in [-0.39, 0.29) is 0 Å². The summed E-state index contributed by atoms with van der Waals surface area (Å²) in [5, 5.41) is 9.93. The van der Waals surface area contributed by atoms with E-state index in [4.69, 9.17) is 9.84 Å². The molecule has 0 saturated carbocycles. The molecule has 0 aliphatic carbocycles. The van der Waals surface area contributed by atoms with Gasteiger partial charge in [0.2, 0.25) is 0 Å². The highest BCUT2D eigenvalue weighted by Gasteiger charge is 2.08. The second-order valence-corrected chi connectivity index (χ2v) is 5.62. The number of rotatable bonds is 5. The number of thiazole rings is 1. The van der Waals surface area contributed by atoms with Gasteiger partial charge in [-0.05, 0) is 30.3 Å². The first-order valence-electron chi connectivity index (χ1n) is 6.53. The number of carboxylic acids is 1. The van der Waals surface area contributed by atoms with Gasteiger partial charge in [0.25, 0.3) is 0 Å². The number of para-hydroxylation sites is 1. The lowest BCUT2D eigenvalue weighted by atomic mass is 10.2. The fraction of sp³-hybridized carbons (Fsp3) is 0.125. The minimum absolute atomic E-state index is 0.290. The van der Waals surface area contributed by atoms with Gasteiger partial charge in [-0.3, -0.25) is 0 Å². The Morgan fingerprint density at radius 3 is 2.76 bits per heavy atom. The van der Waals surface area contributed by atoms with Crippen LogP contribution < -0.4 is 4.74 Å². The van der Waals surface area contributed by atoms with Crippen LogP contribution in [0.25, 0.3) is 10.2 Å². The van der Waals surface area contributed by atoms with Crippen LogP contribution in [0.3, 0.4) is 0 Å². The molecule has 0 radical (unpaired) electrons. The van der Waals surface area contributed by atoms with Crippen LogP contribution in [0, 0.1) is 0 Å². The van der Waals surface area contributed by atoms with Crippen LogP contribution in [0.1, 0.15) is 15.4 Å². The van der Waals surface area contributed by atoms with Crippen molar-refractivity contribution in [2.45, 2.75) is 6.42 Å². The molecule has 0 aliphatic heterocycles. The number of carbonyl (C=O) groups is 1. The Morgan fingerprint density at radius 1 is 1.19 bits per heavy atom. The number of benzene rings is 2. The smallest absolute Gasteiger partial charge is 0.335 e. The molecule has 0 fully saturated rings. The van der Waals surface area contributed by atoms with Crippen molar-refractivity contribution in [1.29, 1.82) is 0 Å². The lowest BCUT2D eigenvalue weighted by Gasteiger charge is -2.03. The molecule has 1 aromatic heterocycles. The van der Waals surface area contributed by atoms with E-state index in [9.17, 15) is 4.79 Å². The number of fused-ring (bicyclic) bond motifs is 1. The second-order valence-electron chi connectivity index (χ2n) is 4.51. The summed E-state index contributed by atoms with van der Waals surface area (Å²) in [4.78, 5) is 15.4. The summed E-state index contributed by atoms with van der Waals surface area (Å²) < 4.78 is 6.53. The van der Waals surface area contributed by atoms with Crippen LogP contribution in [0.4, 0.5) is 0 Å². The first-order chi connectivity index (χ1) is 10.2. The molecule has 106 valence electrons. The third-order valence-corrected chi connectivity index (χ3v) is 4.09. The van der Waals surface area contributed by atoms with E-state index in [0.29, 0.717) is 18.6 Å². The maximum absolute atomic E-state index is 10.9. The van der Waals surface area contributed by atoms with Gasteiger partial charge in [0, 0.05) is 6.42 Å². The molecule has 4 nitrogen and oxygen atoms in total. The highest BCUT2D eigenvalue weighted by molar-refractivity contribution is 7.18. The molecule has 0 aliphatic rings. The van der Waals surface area contributed by atoms with E-state index < -0.39 is 5.97 Å². The molecule has 0 atom stereocenters. The Kier molecular flexibility index (Phi) is 3.83. The zero-order valence-corrected chi connectivity index (χ0v) is 12.0. The predicted octanol–water partition coefficient (Wildman–Crippen LogP) is 3.62. The van der Waals surface area contributed by atoms with Crippen LogP contribution in [-0.4, -0.2) is 22.7 Å². The number of aromatic nitrogens is 1. The Morgan fingerprint density at radius 2 is 2.00 bits per heavy atom. The van der Waals surface area contributed by atoms with Crippen LogP contribution in [-0.2, 0) is 6.42 Å². The van der Waals surface area contributed by atoms with Gasteiger partial charge in [-0.2, -0.15) is 0 Å². The zero-order chi connectivity index (χ0) is 14.7. The van der Waals surface area contributed by atoms with Crippen molar-refractivity contribution in [3.8, 4) is 5.75 Å². The first kappa shape index (κ1) is 13.6. The molecule has 0 unspecified atom stereocenters. The second kappa shape index (κ2) is 5.93. The highest BCUT2D eigenvalue weighted by atomic mass is 32.1.